The lowest BCUT2D eigenvalue weighted by Gasteiger charge is -2.36. The number of morpholine rings is 1. The Balaban J connectivity index is 1.57. The molecule has 0 aliphatic carbocycles. The van der Waals surface area contributed by atoms with Crippen LogP contribution in [-0.2, 0) is 11.8 Å². The molecule has 2 unspecified atom stereocenters. The van der Waals surface area contributed by atoms with Gasteiger partial charge >= 0.3 is 0 Å². The quantitative estimate of drug-likeness (QED) is 0.732. The van der Waals surface area contributed by atoms with Gasteiger partial charge in [-0.25, -0.2) is 4.98 Å². The third kappa shape index (κ3) is 3.63. The first-order valence-electron chi connectivity index (χ1n) is 9.60. The van der Waals surface area contributed by atoms with E-state index in [4.69, 9.17) is 9.15 Å². The second-order valence-electron chi connectivity index (χ2n) is 7.54. The Hall–Kier alpha value is -3.13. The summed E-state index contributed by atoms with van der Waals surface area (Å²) in [5.74, 6) is -0.0334. The van der Waals surface area contributed by atoms with Gasteiger partial charge < -0.3 is 23.9 Å². The Labute approximate surface area is 168 Å². The number of nitrogens with zero attached hydrogens (tertiary/aromatic N) is 3. The molecule has 1 N–H and O–H groups in total. The molecule has 3 heterocycles. The van der Waals surface area contributed by atoms with Crippen molar-refractivity contribution in [1.82, 2.24) is 9.55 Å². The largest absolute Gasteiger partial charge is 0.442 e. The Morgan fingerprint density at radius 1 is 1.17 bits per heavy atom. The van der Waals surface area contributed by atoms with Crippen LogP contribution in [0.4, 0.5) is 11.4 Å². The molecule has 0 spiro atoms. The number of carbonyl (C=O) groups excluding carboxylic acids is 1. The van der Waals surface area contributed by atoms with E-state index in [0.29, 0.717) is 11.4 Å². The number of anilines is 2. The molecule has 4 rings (SSSR count). The summed E-state index contributed by atoms with van der Waals surface area (Å²) in [6.07, 6.45) is 1.72. The Morgan fingerprint density at radius 2 is 1.83 bits per heavy atom. The average molecular weight is 396 g/mol. The summed E-state index contributed by atoms with van der Waals surface area (Å²) < 4.78 is 12.6. The number of ether oxygens (including phenoxy) is 1. The van der Waals surface area contributed by atoms with Gasteiger partial charge in [-0.2, -0.15) is 0 Å². The maximum atomic E-state index is 12.9. The first-order valence-corrected chi connectivity index (χ1v) is 9.60. The minimum absolute atomic E-state index is 0.168. The molecule has 1 aliphatic heterocycles. The van der Waals surface area contributed by atoms with Gasteiger partial charge in [0.05, 0.1) is 17.8 Å². The smallest absolute Gasteiger partial charge is 0.265 e. The number of benzene rings is 1. The van der Waals surface area contributed by atoms with Gasteiger partial charge in [-0.3, -0.25) is 9.59 Å². The number of carbonyl (C=O) groups is 1. The van der Waals surface area contributed by atoms with E-state index < -0.39 is 5.91 Å². The number of hydrogen-bond acceptors (Lipinski definition) is 6. The number of rotatable bonds is 3. The second kappa shape index (κ2) is 7.36. The Morgan fingerprint density at radius 3 is 2.48 bits per heavy atom. The standard InChI is InChI=1S/C21H24N4O4/c1-12-9-25(10-13(2)28-12)16-7-5-15(6-8-16)23-19(26)17-14(3)29-20-18(17)21(27)24(4)11-22-20/h5-8,11-13H,9-10H2,1-4H3,(H,23,26). The van der Waals surface area contributed by atoms with Crippen molar-refractivity contribution in [3.8, 4) is 0 Å². The SMILES string of the molecule is Cc1oc2ncn(C)c(=O)c2c1C(=O)Nc1ccc(N2CC(C)OC(C)C2)cc1. The van der Waals surface area contributed by atoms with Crippen molar-refractivity contribution in [3.63, 3.8) is 0 Å². The number of aromatic nitrogens is 2. The van der Waals surface area contributed by atoms with E-state index in [2.05, 4.69) is 29.0 Å². The van der Waals surface area contributed by atoms with Crippen LogP contribution in [0.3, 0.4) is 0 Å². The van der Waals surface area contributed by atoms with Crippen molar-refractivity contribution >= 4 is 28.4 Å². The van der Waals surface area contributed by atoms with Crippen molar-refractivity contribution < 1.29 is 13.9 Å². The van der Waals surface area contributed by atoms with Crippen LogP contribution in [0.5, 0.6) is 0 Å². The molecule has 8 heteroatoms. The number of fused-ring (bicyclic) bond motifs is 1. The molecule has 152 valence electrons. The number of furan rings is 1. The molecular weight excluding hydrogens is 372 g/mol. The van der Waals surface area contributed by atoms with Crippen LogP contribution >= 0.6 is 0 Å². The minimum Gasteiger partial charge on any atom is -0.442 e. The molecule has 2 aromatic heterocycles. The zero-order chi connectivity index (χ0) is 20.7. The second-order valence-corrected chi connectivity index (χ2v) is 7.54. The molecule has 8 nitrogen and oxygen atoms in total. The van der Waals surface area contributed by atoms with Crippen LogP contribution in [0, 0.1) is 6.92 Å². The highest BCUT2D eigenvalue weighted by molar-refractivity contribution is 6.12. The molecule has 0 radical (unpaired) electrons. The van der Waals surface area contributed by atoms with E-state index in [0.717, 1.165) is 18.8 Å². The highest BCUT2D eigenvalue weighted by Crippen LogP contribution is 2.25. The van der Waals surface area contributed by atoms with Crippen molar-refractivity contribution in [2.45, 2.75) is 33.0 Å². The van der Waals surface area contributed by atoms with Crippen LogP contribution in [0.15, 0.2) is 39.8 Å². The van der Waals surface area contributed by atoms with E-state index >= 15 is 0 Å². The van der Waals surface area contributed by atoms with Crippen LogP contribution in [0.2, 0.25) is 0 Å². The van der Waals surface area contributed by atoms with Crippen LogP contribution in [0.1, 0.15) is 30.0 Å². The topological polar surface area (TPSA) is 89.6 Å². The average Bonchev–Trinajstić information content (AvgIpc) is 3.01. The summed E-state index contributed by atoms with van der Waals surface area (Å²) >= 11 is 0. The van der Waals surface area contributed by atoms with Gasteiger partial charge in [-0.1, -0.05) is 0 Å². The Kier molecular flexibility index (Phi) is 4.87. The van der Waals surface area contributed by atoms with Crippen LogP contribution < -0.4 is 15.8 Å². The van der Waals surface area contributed by atoms with Crippen molar-refractivity contribution in [2.75, 3.05) is 23.3 Å². The lowest BCUT2D eigenvalue weighted by atomic mass is 10.1. The van der Waals surface area contributed by atoms with E-state index in [9.17, 15) is 9.59 Å². The summed E-state index contributed by atoms with van der Waals surface area (Å²) in [7, 11) is 1.59. The predicted octanol–water partition coefficient (Wildman–Crippen LogP) is 2.70. The fourth-order valence-electron chi connectivity index (χ4n) is 3.80. The summed E-state index contributed by atoms with van der Waals surface area (Å²) in [5, 5.41) is 3.05. The fourth-order valence-corrected chi connectivity index (χ4v) is 3.80. The summed E-state index contributed by atoms with van der Waals surface area (Å²) in [6, 6.07) is 7.65. The van der Waals surface area contributed by atoms with Gasteiger partial charge in [0, 0.05) is 31.5 Å². The summed E-state index contributed by atoms with van der Waals surface area (Å²) in [6.45, 7) is 7.43. The van der Waals surface area contributed by atoms with Gasteiger partial charge in [0.25, 0.3) is 11.5 Å². The summed E-state index contributed by atoms with van der Waals surface area (Å²) in [4.78, 5) is 31.7. The molecule has 1 fully saturated rings. The van der Waals surface area contributed by atoms with E-state index in [1.165, 1.54) is 10.9 Å². The Bertz CT molecular complexity index is 1110. The van der Waals surface area contributed by atoms with E-state index in [1.807, 2.05) is 24.3 Å². The van der Waals surface area contributed by atoms with Crippen molar-refractivity contribution in [3.05, 3.63) is 52.3 Å². The number of hydrogen-bond donors (Lipinski definition) is 1. The maximum Gasteiger partial charge on any atom is 0.265 e. The fraction of sp³-hybridized carbons (Fsp3) is 0.381. The number of amides is 1. The van der Waals surface area contributed by atoms with Gasteiger partial charge in [-0.15, -0.1) is 0 Å². The van der Waals surface area contributed by atoms with Crippen molar-refractivity contribution in [2.24, 2.45) is 7.05 Å². The highest BCUT2D eigenvalue weighted by atomic mass is 16.5. The van der Waals surface area contributed by atoms with Gasteiger partial charge in [0.1, 0.15) is 17.5 Å². The van der Waals surface area contributed by atoms with Crippen LogP contribution in [0.25, 0.3) is 11.1 Å². The molecule has 1 aromatic carbocycles. The monoisotopic (exact) mass is 396 g/mol. The lowest BCUT2D eigenvalue weighted by molar-refractivity contribution is -0.00521. The molecule has 1 saturated heterocycles. The molecule has 29 heavy (non-hydrogen) atoms. The molecule has 0 bridgehead atoms. The maximum absolute atomic E-state index is 12.9. The summed E-state index contributed by atoms with van der Waals surface area (Å²) in [5.41, 5.74) is 1.79. The third-order valence-electron chi connectivity index (χ3n) is 5.09. The first-order chi connectivity index (χ1) is 13.8. The molecule has 2 atom stereocenters. The normalized spacial score (nSPS) is 19.5. The first kappa shape index (κ1) is 19.2. The van der Waals surface area contributed by atoms with E-state index in [1.54, 1.807) is 14.0 Å². The highest BCUT2D eigenvalue weighted by Gasteiger charge is 2.24. The lowest BCUT2D eigenvalue weighted by Crippen LogP contribution is -2.45. The predicted molar refractivity (Wildman–Crippen MR) is 111 cm³/mol. The van der Waals surface area contributed by atoms with Crippen molar-refractivity contribution in [1.29, 1.82) is 0 Å². The zero-order valence-electron chi connectivity index (χ0n) is 16.9. The molecular formula is C21H24N4O4. The number of aryl methyl sites for hydroxylation is 2. The van der Waals surface area contributed by atoms with Gasteiger partial charge in [-0.05, 0) is 45.0 Å². The number of nitrogens with one attached hydrogen (secondary N) is 1. The molecule has 3 aromatic rings. The van der Waals surface area contributed by atoms with Gasteiger partial charge in [0.2, 0.25) is 5.71 Å². The van der Waals surface area contributed by atoms with Crippen LogP contribution in [-0.4, -0.2) is 40.8 Å². The molecule has 1 aliphatic rings. The molecule has 1 amide bonds. The third-order valence-corrected chi connectivity index (χ3v) is 5.09. The zero-order valence-corrected chi connectivity index (χ0v) is 16.9. The van der Waals surface area contributed by atoms with Gasteiger partial charge in [0.15, 0.2) is 0 Å². The minimum atomic E-state index is -0.396. The molecule has 0 saturated carbocycles. The van der Waals surface area contributed by atoms with E-state index in [-0.39, 0.29) is 34.4 Å².